The fraction of sp³-hybridized carbons (Fsp3) is 0.304. The van der Waals surface area contributed by atoms with E-state index < -0.39 is 15.8 Å². The molecule has 0 aliphatic carbocycles. The summed E-state index contributed by atoms with van der Waals surface area (Å²) in [4.78, 5) is 8.53. The van der Waals surface area contributed by atoms with Crippen molar-refractivity contribution in [3.8, 4) is 28.8 Å². The summed E-state index contributed by atoms with van der Waals surface area (Å²) >= 11 is 0. The lowest BCUT2D eigenvalue weighted by atomic mass is 10.2. The fourth-order valence-corrected chi connectivity index (χ4v) is 5.24. The van der Waals surface area contributed by atoms with Crippen LogP contribution in [0.5, 0.6) is 11.5 Å². The van der Waals surface area contributed by atoms with Gasteiger partial charge in [0.1, 0.15) is 28.8 Å². The molecule has 0 unspecified atom stereocenters. The van der Waals surface area contributed by atoms with Gasteiger partial charge in [-0.2, -0.15) is 0 Å². The highest BCUT2D eigenvalue weighted by Gasteiger charge is 2.28. The van der Waals surface area contributed by atoms with Crippen molar-refractivity contribution in [2.24, 2.45) is 0 Å². The van der Waals surface area contributed by atoms with Gasteiger partial charge in [-0.3, -0.25) is 4.57 Å². The predicted molar refractivity (Wildman–Crippen MR) is 125 cm³/mol. The third-order valence-corrected chi connectivity index (χ3v) is 6.90. The number of aromatic nitrogens is 5. The molecule has 178 valence electrons. The molecule has 0 saturated heterocycles. The zero-order valence-corrected chi connectivity index (χ0v) is 20.1. The third-order valence-electron chi connectivity index (χ3n) is 5.19. The number of nitrogens with zero attached hydrogens (tertiary/aromatic N) is 5. The largest absolute Gasteiger partial charge is 0.494 e. The van der Waals surface area contributed by atoms with E-state index >= 15 is 0 Å². The average Bonchev–Trinajstić information content (AvgIpc) is 3.48. The maximum atomic E-state index is 13.2. The number of ether oxygens (including phenoxy) is 2. The molecule has 1 atom stereocenters. The third kappa shape index (κ3) is 4.79. The maximum absolute atomic E-state index is 13.2. The van der Waals surface area contributed by atoms with E-state index in [9.17, 15) is 8.42 Å². The van der Waals surface area contributed by atoms with Gasteiger partial charge >= 0.3 is 0 Å². The molecule has 0 aliphatic heterocycles. The van der Waals surface area contributed by atoms with Gasteiger partial charge in [-0.1, -0.05) is 13.0 Å². The Morgan fingerprint density at radius 3 is 2.29 bits per heavy atom. The second-order valence-electron chi connectivity index (χ2n) is 7.84. The van der Waals surface area contributed by atoms with Gasteiger partial charge < -0.3 is 13.9 Å². The number of methoxy groups -OCH3 is 2. The maximum Gasteiger partial charge on any atom is 0.204 e. The normalized spacial score (nSPS) is 12.5. The standard InChI is InChI=1S/C23H25N5O5S/c1-15-11-24-22(25-12-15)16(2)13-34(29,30)14-20-26-27-23(19-9-6-10-33-19)28(20)21-17(31-3)7-5-8-18(21)32-4/h5-12,16H,13-14H2,1-4H3/t16-/m1/s1. The van der Waals surface area contributed by atoms with Gasteiger partial charge in [0.25, 0.3) is 0 Å². The van der Waals surface area contributed by atoms with Crippen LogP contribution in [0.15, 0.2) is 53.4 Å². The Morgan fingerprint density at radius 1 is 1.03 bits per heavy atom. The summed E-state index contributed by atoms with van der Waals surface area (Å²) in [5.41, 5.74) is 1.38. The average molecular weight is 484 g/mol. The molecule has 1 aromatic carbocycles. The predicted octanol–water partition coefficient (Wildman–Crippen LogP) is 3.36. The monoisotopic (exact) mass is 483 g/mol. The van der Waals surface area contributed by atoms with Crippen LogP contribution < -0.4 is 9.47 Å². The van der Waals surface area contributed by atoms with Crippen molar-refractivity contribution >= 4 is 9.84 Å². The first-order chi connectivity index (χ1) is 16.3. The van der Waals surface area contributed by atoms with Crippen molar-refractivity contribution in [1.82, 2.24) is 24.7 Å². The molecular formula is C23H25N5O5S. The van der Waals surface area contributed by atoms with Crippen molar-refractivity contribution in [2.45, 2.75) is 25.5 Å². The summed E-state index contributed by atoms with van der Waals surface area (Å²) in [6, 6.07) is 8.71. The lowest BCUT2D eigenvalue weighted by molar-refractivity contribution is 0.390. The SMILES string of the molecule is COc1cccc(OC)c1-n1c(CS(=O)(=O)C[C@@H](C)c2ncc(C)cn2)nnc1-c1ccco1. The first-order valence-corrected chi connectivity index (χ1v) is 12.3. The topological polar surface area (TPSA) is 122 Å². The molecule has 0 aliphatic rings. The highest BCUT2D eigenvalue weighted by atomic mass is 32.2. The van der Waals surface area contributed by atoms with Gasteiger partial charge in [-0.15, -0.1) is 10.2 Å². The second kappa shape index (κ2) is 9.64. The van der Waals surface area contributed by atoms with Crippen LogP contribution in [0.1, 0.15) is 30.1 Å². The second-order valence-corrected chi connectivity index (χ2v) is 9.95. The van der Waals surface area contributed by atoms with Crippen LogP contribution in [-0.4, -0.2) is 53.1 Å². The quantitative estimate of drug-likeness (QED) is 0.352. The molecule has 34 heavy (non-hydrogen) atoms. The molecule has 3 aromatic heterocycles. The lowest BCUT2D eigenvalue weighted by Crippen LogP contribution is -2.19. The van der Waals surface area contributed by atoms with E-state index in [1.165, 1.54) is 20.5 Å². The number of hydrogen-bond donors (Lipinski definition) is 0. The van der Waals surface area contributed by atoms with Crippen molar-refractivity contribution in [3.63, 3.8) is 0 Å². The van der Waals surface area contributed by atoms with E-state index in [2.05, 4.69) is 20.2 Å². The Kier molecular flexibility index (Phi) is 6.64. The fourth-order valence-electron chi connectivity index (χ4n) is 3.63. The number of furan rings is 1. The first-order valence-electron chi connectivity index (χ1n) is 10.5. The van der Waals surface area contributed by atoms with E-state index in [0.29, 0.717) is 34.6 Å². The lowest BCUT2D eigenvalue weighted by Gasteiger charge is -2.17. The zero-order valence-electron chi connectivity index (χ0n) is 19.3. The molecule has 0 spiro atoms. The van der Waals surface area contributed by atoms with Crippen molar-refractivity contribution in [2.75, 3.05) is 20.0 Å². The Hall–Kier alpha value is -3.73. The minimum atomic E-state index is -3.63. The van der Waals surface area contributed by atoms with Gasteiger partial charge in [0.2, 0.25) is 5.82 Å². The summed E-state index contributed by atoms with van der Waals surface area (Å²) in [6.45, 7) is 3.66. The number of aryl methyl sites for hydroxylation is 1. The van der Waals surface area contributed by atoms with E-state index in [1.807, 2.05) is 6.92 Å². The highest BCUT2D eigenvalue weighted by Crippen LogP contribution is 2.36. The molecule has 0 bridgehead atoms. The van der Waals surface area contributed by atoms with Gasteiger partial charge in [0, 0.05) is 18.3 Å². The van der Waals surface area contributed by atoms with Crippen molar-refractivity contribution < 1.29 is 22.3 Å². The Balaban J connectivity index is 1.76. The molecule has 0 N–H and O–H groups in total. The van der Waals surface area contributed by atoms with Crippen LogP contribution in [0.2, 0.25) is 0 Å². The van der Waals surface area contributed by atoms with E-state index in [-0.39, 0.29) is 17.3 Å². The molecule has 0 radical (unpaired) electrons. The molecule has 0 fully saturated rings. The zero-order chi connectivity index (χ0) is 24.3. The molecule has 3 heterocycles. The van der Waals surface area contributed by atoms with Gasteiger partial charge in [0.05, 0.1) is 26.2 Å². The number of para-hydroxylation sites is 1. The van der Waals surface area contributed by atoms with Crippen LogP contribution in [-0.2, 0) is 15.6 Å². The summed E-state index contributed by atoms with van der Waals surface area (Å²) in [6.07, 6.45) is 4.85. The van der Waals surface area contributed by atoms with Crippen LogP contribution in [0.4, 0.5) is 0 Å². The molecule has 0 amide bonds. The minimum Gasteiger partial charge on any atom is -0.494 e. The molecule has 11 heteroatoms. The van der Waals surface area contributed by atoms with Crippen molar-refractivity contribution in [3.05, 3.63) is 66.2 Å². The Labute approximate surface area is 197 Å². The van der Waals surface area contributed by atoms with Gasteiger partial charge in [0.15, 0.2) is 21.4 Å². The van der Waals surface area contributed by atoms with Crippen LogP contribution in [0.25, 0.3) is 17.3 Å². The highest BCUT2D eigenvalue weighted by molar-refractivity contribution is 7.90. The van der Waals surface area contributed by atoms with Crippen molar-refractivity contribution in [1.29, 1.82) is 0 Å². The smallest absolute Gasteiger partial charge is 0.204 e. The number of benzene rings is 1. The number of rotatable bonds is 9. The molecular weight excluding hydrogens is 458 g/mol. The van der Waals surface area contributed by atoms with Gasteiger partial charge in [-0.05, 0) is 36.8 Å². The Morgan fingerprint density at radius 2 is 1.71 bits per heavy atom. The molecule has 4 rings (SSSR count). The minimum absolute atomic E-state index is 0.151. The Bertz CT molecular complexity index is 1340. The van der Waals surface area contributed by atoms with E-state index in [0.717, 1.165) is 5.56 Å². The number of hydrogen-bond acceptors (Lipinski definition) is 9. The number of sulfone groups is 1. The van der Waals surface area contributed by atoms with E-state index in [4.69, 9.17) is 13.9 Å². The van der Waals surface area contributed by atoms with Crippen LogP contribution in [0.3, 0.4) is 0 Å². The first kappa shape index (κ1) is 23.4. The molecule has 4 aromatic rings. The van der Waals surface area contributed by atoms with Gasteiger partial charge in [-0.25, -0.2) is 18.4 Å². The summed E-state index contributed by atoms with van der Waals surface area (Å²) in [5.74, 6) is 1.44. The van der Waals surface area contributed by atoms with Crippen LogP contribution in [0, 0.1) is 6.92 Å². The summed E-state index contributed by atoms with van der Waals surface area (Å²) in [7, 11) is -0.587. The van der Waals surface area contributed by atoms with Crippen LogP contribution >= 0.6 is 0 Å². The summed E-state index contributed by atoms with van der Waals surface area (Å²) in [5, 5.41) is 8.44. The molecule has 0 saturated carbocycles. The van der Waals surface area contributed by atoms with E-state index in [1.54, 1.807) is 54.2 Å². The molecule has 10 nitrogen and oxygen atoms in total. The summed E-state index contributed by atoms with van der Waals surface area (Å²) < 4.78 is 44.7.